The molecule has 1 amide bonds. The summed E-state index contributed by atoms with van der Waals surface area (Å²) in [5.74, 6) is -10.7. The van der Waals surface area contributed by atoms with Gasteiger partial charge in [-0.3, -0.25) is 14.2 Å². The van der Waals surface area contributed by atoms with Gasteiger partial charge in [-0.15, -0.1) is 0 Å². The first-order chi connectivity index (χ1) is 19.1. The maximum absolute atomic E-state index is 15.2. The monoisotopic (exact) mass is 590 g/mol. The summed E-state index contributed by atoms with van der Waals surface area (Å²) in [5, 5.41) is 0.836. The fourth-order valence-electron chi connectivity index (χ4n) is 5.06. The van der Waals surface area contributed by atoms with Gasteiger partial charge in [0.05, 0.1) is 24.0 Å². The second kappa shape index (κ2) is 9.67. The fraction of sp³-hybridized carbons (Fsp3) is 0.423. The first-order valence-corrected chi connectivity index (χ1v) is 12.4. The van der Waals surface area contributed by atoms with Crippen LogP contribution in [0.3, 0.4) is 0 Å². The fourth-order valence-corrected chi connectivity index (χ4v) is 5.06. The first-order valence-electron chi connectivity index (χ1n) is 12.4. The van der Waals surface area contributed by atoms with Gasteiger partial charge in [-0.1, -0.05) is 6.92 Å². The van der Waals surface area contributed by atoms with Crippen LogP contribution in [0.4, 0.5) is 40.9 Å². The van der Waals surface area contributed by atoms with Crippen molar-refractivity contribution in [2.45, 2.75) is 38.4 Å². The molecule has 0 radical (unpaired) electrons. The van der Waals surface area contributed by atoms with Crippen LogP contribution in [0.2, 0.25) is 0 Å². The van der Waals surface area contributed by atoms with Crippen LogP contribution in [-0.2, 0) is 4.74 Å². The summed E-state index contributed by atoms with van der Waals surface area (Å²) in [6, 6.07) is -0.238. The lowest BCUT2D eigenvalue weighted by Crippen LogP contribution is -2.66. The van der Waals surface area contributed by atoms with Crippen molar-refractivity contribution in [1.29, 1.82) is 0 Å². The van der Waals surface area contributed by atoms with Crippen molar-refractivity contribution in [2.75, 3.05) is 31.2 Å². The van der Waals surface area contributed by atoms with Crippen molar-refractivity contribution >= 4 is 22.8 Å². The van der Waals surface area contributed by atoms with Crippen molar-refractivity contribution in [3.8, 4) is 5.69 Å². The molecule has 4 heterocycles. The molecule has 15 heteroatoms. The topological polar surface area (TPSA) is 76.5 Å². The number of nitrogens with zero attached hydrogens (tertiary/aromatic N) is 3. The van der Waals surface area contributed by atoms with Crippen LogP contribution in [0.15, 0.2) is 29.2 Å². The van der Waals surface area contributed by atoms with Crippen LogP contribution >= 0.6 is 0 Å². The smallest absolute Gasteiger partial charge is 0.380 e. The van der Waals surface area contributed by atoms with Gasteiger partial charge in [-0.25, -0.2) is 18.2 Å². The number of alkyl halides is 5. The Morgan fingerprint density at radius 1 is 1.07 bits per heavy atom. The number of rotatable bonds is 6. The Kier molecular flexibility index (Phi) is 6.78. The average molecular weight is 590 g/mol. The number of ether oxygens (including phenoxy) is 1. The number of carbonyl (C=O) groups excluding carboxylic acids is 1. The molecule has 1 N–H and O–H groups in total. The minimum absolute atomic E-state index is 0.167. The number of aromatic nitrogens is 2. The molecule has 220 valence electrons. The zero-order chi connectivity index (χ0) is 30.1. The van der Waals surface area contributed by atoms with Crippen LogP contribution in [0.5, 0.6) is 0 Å². The number of fused-ring (bicyclic) bond motifs is 1. The first kappa shape index (κ1) is 28.8. The molecule has 1 atom stereocenters. The van der Waals surface area contributed by atoms with E-state index in [0.717, 1.165) is 19.1 Å². The second-order valence-corrected chi connectivity index (χ2v) is 10.4. The molecule has 2 fully saturated rings. The SMILES string of the molecule is CCC(NC(=O)c1cn(-c2c(F)cc(C)cc2F)c2nc(N3CC4(COC4)C3)c(F)cc2c1=O)C(F)(F)C(F)(F)F. The summed E-state index contributed by atoms with van der Waals surface area (Å²) < 4.78 is 118. The predicted molar refractivity (Wildman–Crippen MR) is 130 cm³/mol. The molecule has 2 aromatic heterocycles. The highest BCUT2D eigenvalue weighted by molar-refractivity contribution is 5.97. The number of halogens is 8. The Hall–Kier alpha value is -3.75. The molecule has 0 aliphatic carbocycles. The summed E-state index contributed by atoms with van der Waals surface area (Å²) in [4.78, 5) is 31.9. The minimum Gasteiger partial charge on any atom is -0.380 e. The number of hydrogen-bond donors (Lipinski definition) is 1. The normalized spacial score (nSPS) is 17.4. The second-order valence-electron chi connectivity index (χ2n) is 10.4. The molecule has 2 aliphatic heterocycles. The van der Waals surface area contributed by atoms with Crippen molar-refractivity contribution in [3.05, 3.63) is 63.2 Å². The summed E-state index contributed by atoms with van der Waals surface area (Å²) in [7, 11) is 0. The quantitative estimate of drug-likeness (QED) is 0.423. The molecule has 3 aromatic rings. The van der Waals surface area contributed by atoms with Crippen LogP contribution in [0.25, 0.3) is 16.7 Å². The van der Waals surface area contributed by atoms with E-state index in [0.29, 0.717) is 43.1 Å². The van der Waals surface area contributed by atoms with Gasteiger partial charge in [0, 0.05) is 19.3 Å². The molecular weight excluding hydrogens is 568 g/mol. The number of hydrogen-bond acceptors (Lipinski definition) is 5. The molecule has 2 saturated heterocycles. The summed E-state index contributed by atoms with van der Waals surface area (Å²) in [6.07, 6.45) is -6.33. The Balaban J connectivity index is 1.67. The van der Waals surface area contributed by atoms with Crippen LogP contribution in [0, 0.1) is 29.8 Å². The largest absolute Gasteiger partial charge is 0.455 e. The molecular formula is C26H22F8N4O3. The molecule has 0 bridgehead atoms. The van der Waals surface area contributed by atoms with E-state index >= 15 is 13.2 Å². The van der Waals surface area contributed by atoms with E-state index in [1.807, 2.05) is 0 Å². The Morgan fingerprint density at radius 2 is 1.68 bits per heavy atom. The number of aryl methyl sites for hydroxylation is 1. The molecule has 7 nitrogen and oxygen atoms in total. The zero-order valence-electron chi connectivity index (χ0n) is 21.5. The van der Waals surface area contributed by atoms with Gasteiger partial charge in [0.25, 0.3) is 5.91 Å². The number of carbonyl (C=O) groups is 1. The standard InChI is InChI=1S/C26H22F8N4O3/c1-3-18(25(30,31)26(32,33)34)35-23(40)14-7-38(19-15(27)4-12(2)5-16(19)28)21-13(20(14)39)6-17(29)22(36-21)37-8-24(9-37)10-41-11-24/h4-7,18H,3,8-11H2,1-2H3,(H,35,40). The van der Waals surface area contributed by atoms with Gasteiger partial charge in [-0.2, -0.15) is 22.0 Å². The van der Waals surface area contributed by atoms with E-state index in [-0.39, 0.29) is 16.8 Å². The maximum Gasteiger partial charge on any atom is 0.455 e. The lowest BCUT2D eigenvalue weighted by Gasteiger charge is -2.55. The lowest BCUT2D eigenvalue weighted by atomic mass is 9.78. The highest BCUT2D eigenvalue weighted by Crippen LogP contribution is 2.41. The van der Waals surface area contributed by atoms with Crippen LogP contribution in [0.1, 0.15) is 29.3 Å². The Morgan fingerprint density at radius 3 is 2.20 bits per heavy atom. The minimum atomic E-state index is -6.02. The van der Waals surface area contributed by atoms with E-state index in [9.17, 15) is 31.5 Å². The number of amides is 1. The van der Waals surface area contributed by atoms with Crippen molar-refractivity contribution in [2.24, 2.45) is 5.41 Å². The number of benzene rings is 1. The highest BCUT2D eigenvalue weighted by Gasteiger charge is 2.62. The van der Waals surface area contributed by atoms with Gasteiger partial charge in [0.1, 0.15) is 17.3 Å². The summed E-state index contributed by atoms with van der Waals surface area (Å²) in [5.41, 5.74) is -3.67. The van der Waals surface area contributed by atoms with Crippen molar-refractivity contribution < 1.29 is 44.7 Å². The average Bonchev–Trinajstić information content (AvgIpc) is 2.81. The number of anilines is 1. The van der Waals surface area contributed by atoms with Crippen molar-refractivity contribution in [3.63, 3.8) is 0 Å². The molecule has 1 spiro atoms. The van der Waals surface area contributed by atoms with Gasteiger partial charge in [0.2, 0.25) is 5.43 Å². The van der Waals surface area contributed by atoms with Gasteiger partial charge in [0.15, 0.2) is 28.9 Å². The van der Waals surface area contributed by atoms with Gasteiger partial charge < -0.3 is 15.0 Å². The highest BCUT2D eigenvalue weighted by atomic mass is 19.4. The Bertz CT molecular complexity index is 1590. The third kappa shape index (κ3) is 4.69. The molecule has 1 aromatic carbocycles. The van der Waals surface area contributed by atoms with E-state index in [4.69, 9.17) is 4.74 Å². The third-order valence-corrected chi connectivity index (χ3v) is 7.26. The van der Waals surface area contributed by atoms with E-state index in [2.05, 4.69) is 4.98 Å². The van der Waals surface area contributed by atoms with E-state index < -0.39 is 75.6 Å². The van der Waals surface area contributed by atoms with Gasteiger partial charge in [-0.05, 0) is 37.1 Å². The molecule has 2 aliphatic rings. The molecule has 0 saturated carbocycles. The maximum atomic E-state index is 15.2. The zero-order valence-corrected chi connectivity index (χ0v) is 21.5. The predicted octanol–water partition coefficient (Wildman–Crippen LogP) is 4.65. The third-order valence-electron chi connectivity index (χ3n) is 7.26. The van der Waals surface area contributed by atoms with E-state index in [1.54, 1.807) is 0 Å². The molecule has 41 heavy (non-hydrogen) atoms. The van der Waals surface area contributed by atoms with E-state index in [1.165, 1.54) is 17.1 Å². The molecule has 1 unspecified atom stereocenters. The summed E-state index contributed by atoms with van der Waals surface area (Å²) >= 11 is 0. The lowest BCUT2D eigenvalue weighted by molar-refractivity contribution is -0.292. The summed E-state index contributed by atoms with van der Waals surface area (Å²) in [6.45, 7) is 3.95. The molecule has 5 rings (SSSR count). The van der Waals surface area contributed by atoms with Crippen LogP contribution < -0.4 is 15.6 Å². The van der Waals surface area contributed by atoms with Gasteiger partial charge >= 0.3 is 12.1 Å². The number of nitrogens with one attached hydrogen (secondary N) is 1. The Labute approximate surface area is 226 Å². The van der Waals surface area contributed by atoms with Crippen LogP contribution in [-0.4, -0.2) is 59.9 Å². The van der Waals surface area contributed by atoms with Crippen molar-refractivity contribution in [1.82, 2.24) is 14.9 Å². The number of pyridine rings is 2.